The summed E-state index contributed by atoms with van der Waals surface area (Å²) in [5.41, 5.74) is 6.32. The van der Waals surface area contributed by atoms with Gasteiger partial charge in [0, 0.05) is 23.4 Å². The molecule has 0 fully saturated rings. The number of carbonyl (C=O) groups excluding carboxylic acids is 1. The smallest absolute Gasteiger partial charge is 0.229 e. The summed E-state index contributed by atoms with van der Waals surface area (Å²) in [5, 5.41) is 7.90. The third-order valence-electron chi connectivity index (χ3n) is 5.97. The quantitative estimate of drug-likeness (QED) is 0.378. The maximum Gasteiger partial charge on any atom is 0.229 e. The number of pyridine rings is 1. The van der Waals surface area contributed by atoms with E-state index in [9.17, 15) is 4.79 Å². The lowest BCUT2D eigenvalue weighted by atomic mass is 9.92. The lowest BCUT2D eigenvalue weighted by molar-refractivity contribution is -0.115. The summed E-state index contributed by atoms with van der Waals surface area (Å²) in [6.07, 6.45) is 3.78. The van der Waals surface area contributed by atoms with Gasteiger partial charge in [-0.1, -0.05) is 51.1 Å². The first-order valence-corrected chi connectivity index (χ1v) is 11.6. The highest BCUT2D eigenvalue weighted by Gasteiger charge is 2.22. The maximum atomic E-state index is 13.0. The van der Waals surface area contributed by atoms with E-state index in [1.165, 1.54) is 0 Å². The molecule has 5 rings (SSSR count). The Morgan fingerprint density at radius 2 is 1.74 bits per heavy atom. The first kappa shape index (κ1) is 22.5. The van der Waals surface area contributed by atoms with Gasteiger partial charge < -0.3 is 5.32 Å². The van der Waals surface area contributed by atoms with Gasteiger partial charge in [-0.2, -0.15) is 5.10 Å². The summed E-state index contributed by atoms with van der Waals surface area (Å²) in [6.45, 7) is 8.39. The number of imidazole rings is 1. The summed E-state index contributed by atoms with van der Waals surface area (Å²) in [4.78, 5) is 21.8. The summed E-state index contributed by atoms with van der Waals surface area (Å²) in [5.74, 6) is 0.574. The van der Waals surface area contributed by atoms with Gasteiger partial charge in [0.05, 0.1) is 17.8 Å². The molecular weight excluding hydrogens is 436 g/mol. The lowest BCUT2D eigenvalue weighted by Gasteiger charge is -2.14. The molecule has 0 unspecified atom stereocenters. The molecule has 0 aliphatic rings. The van der Waals surface area contributed by atoms with Crippen LogP contribution in [0.2, 0.25) is 0 Å². The van der Waals surface area contributed by atoms with Crippen LogP contribution in [0.1, 0.15) is 37.6 Å². The molecule has 0 spiro atoms. The van der Waals surface area contributed by atoms with Crippen LogP contribution >= 0.6 is 0 Å². The van der Waals surface area contributed by atoms with Crippen LogP contribution in [0.3, 0.4) is 0 Å². The van der Waals surface area contributed by atoms with E-state index in [-0.39, 0.29) is 17.7 Å². The van der Waals surface area contributed by atoms with Crippen LogP contribution in [0, 0.1) is 6.92 Å². The topological polar surface area (TPSA) is 77.6 Å². The second-order valence-electron chi connectivity index (χ2n) is 9.72. The van der Waals surface area contributed by atoms with Gasteiger partial charge in [-0.3, -0.25) is 9.36 Å². The zero-order valence-electron chi connectivity index (χ0n) is 20.4. The number of aryl methyl sites for hydroxylation is 1. The molecule has 1 N–H and O–H groups in total. The predicted molar refractivity (Wildman–Crippen MR) is 138 cm³/mol. The normalized spacial score (nSPS) is 11.7. The Kier molecular flexibility index (Phi) is 5.68. The second kappa shape index (κ2) is 8.83. The molecule has 3 heterocycles. The van der Waals surface area contributed by atoms with Gasteiger partial charge >= 0.3 is 0 Å². The Labute approximate surface area is 204 Å². The van der Waals surface area contributed by atoms with Crippen LogP contribution in [-0.4, -0.2) is 30.2 Å². The number of anilines is 1. The van der Waals surface area contributed by atoms with Crippen molar-refractivity contribution in [1.82, 2.24) is 24.3 Å². The van der Waals surface area contributed by atoms with Crippen molar-refractivity contribution in [3.05, 3.63) is 96.1 Å². The summed E-state index contributed by atoms with van der Waals surface area (Å²) >= 11 is 0. The number of nitrogens with zero attached hydrogens (tertiary/aromatic N) is 5. The zero-order valence-corrected chi connectivity index (χ0v) is 20.4. The van der Waals surface area contributed by atoms with Crippen molar-refractivity contribution in [3.8, 4) is 11.4 Å². The van der Waals surface area contributed by atoms with E-state index in [1.807, 2.05) is 82.9 Å². The van der Waals surface area contributed by atoms with Gasteiger partial charge in [0.2, 0.25) is 5.91 Å². The zero-order chi connectivity index (χ0) is 24.6. The van der Waals surface area contributed by atoms with Crippen molar-refractivity contribution in [2.75, 3.05) is 5.32 Å². The van der Waals surface area contributed by atoms with E-state index in [1.54, 1.807) is 12.5 Å². The summed E-state index contributed by atoms with van der Waals surface area (Å²) in [6, 6.07) is 21.7. The predicted octanol–water partition coefficient (Wildman–Crippen LogP) is 5.39. The molecule has 0 saturated heterocycles. The fourth-order valence-electron chi connectivity index (χ4n) is 4.01. The van der Waals surface area contributed by atoms with Crippen molar-refractivity contribution in [2.45, 2.75) is 39.5 Å². The van der Waals surface area contributed by atoms with Crippen LogP contribution in [0.15, 0.2) is 79.3 Å². The lowest BCUT2D eigenvalue weighted by Crippen LogP contribution is -2.17. The number of hydrogen-bond donors (Lipinski definition) is 1. The molecule has 2 aromatic carbocycles. The first-order chi connectivity index (χ1) is 16.8. The summed E-state index contributed by atoms with van der Waals surface area (Å²) < 4.78 is 3.77. The largest absolute Gasteiger partial charge is 0.310 e. The number of hydrogen-bond acceptors (Lipinski definition) is 4. The van der Waals surface area contributed by atoms with Gasteiger partial charge in [-0.25, -0.2) is 14.6 Å². The monoisotopic (exact) mass is 464 g/mol. The maximum absolute atomic E-state index is 13.0. The third kappa shape index (κ3) is 4.57. The highest BCUT2D eigenvalue weighted by atomic mass is 16.1. The Balaban J connectivity index is 1.37. The molecule has 0 bridgehead atoms. The minimum atomic E-state index is -0.143. The molecule has 5 aromatic rings. The Hall–Kier alpha value is -4.26. The molecule has 0 aliphatic heterocycles. The molecule has 7 nitrogen and oxygen atoms in total. The van der Waals surface area contributed by atoms with Crippen molar-refractivity contribution >= 4 is 22.9 Å². The van der Waals surface area contributed by atoms with Crippen molar-refractivity contribution < 1.29 is 4.79 Å². The summed E-state index contributed by atoms with van der Waals surface area (Å²) in [7, 11) is 0. The van der Waals surface area contributed by atoms with E-state index in [2.05, 4.69) is 36.1 Å². The van der Waals surface area contributed by atoms with Crippen molar-refractivity contribution in [2.24, 2.45) is 0 Å². The number of rotatable bonds is 5. The Bertz CT molecular complexity index is 1500. The fourth-order valence-corrected chi connectivity index (χ4v) is 4.01. The number of benzene rings is 2. The molecule has 0 aliphatic carbocycles. The molecule has 3 aromatic heterocycles. The van der Waals surface area contributed by atoms with Gasteiger partial charge in [-0.05, 0) is 48.4 Å². The number of nitrogens with one attached hydrogen (secondary N) is 1. The van der Waals surface area contributed by atoms with E-state index < -0.39 is 0 Å². The molecule has 176 valence electrons. The van der Waals surface area contributed by atoms with Crippen molar-refractivity contribution in [3.63, 3.8) is 0 Å². The number of fused-ring (bicyclic) bond motifs is 1. The standard InChI is InChI=1S/C28H28N6O/c1-19-8-5-6-10-23(19)34-25(17-24(32-34)28(2,3)4)31-26(35)16-20-11-13-21(14-12-20)33-18-30-22-9-7-15-29-27(22)33/h5-15,17-18H,16H2,1-4H3,(H,31,35). The molecule has 0 atom stereocenters. The molecule has 35 heavy (non-hydrogen) atoms. The Morgan fingerprint density at radius 3 is 2.49 bits per heavy atom. The molecule has 0 saturated carbocycles. The number of amides is 1. The minimum Gasteiger partial charge on any atom is -0.310 e. The number of carbonyl (C=O) groups is 1. The second-order valence-corrected chi connectivity index (χ2v) is 9.72. The first-order valence-electron chi connectivity index (χ1n) is 11.6. The van der Waals surface area contributed by atoms with Gasteiger partial charge in [0.1, 0.15) is 17.7 Å². The SMILES string of the molecule is Cc1ccccc1-n1nc(C(C)(C)C)cc1NC(=O)Cc1ccc(-n2cnc3cccnc32)cc1. The van der Waals surface area contributed by atoms with Crippen LogP contribution in [0.4, 0.5) is 5.82 Å². The van der Waals surface area contributed by atoms with Crippen LogP contribution in [-0.2, 0) is 16.6 Å². The van der Waals surface area contributed by atoms with E-state index in [0.29, 0.717) is 5.82 Å². The molecule has 0 radical (unpaired) electrons. The van der Waals surface area contributed by atoms with Gasteiger partial charge in [0.15, 0.2) is 5.65 Å². The number of para-hydroxylation sites is 1. The average Bonchev–Trinajstić information content (AvgIpc) is 3.44. The molecular formula is C28H28N6O. The third-order valence-corrected chi connectivity index (χ3v) is 5.97. The highest BCUT2D eigenvalue weighted by molar-refractivity contribution is 5.92. The molecule has 1 amide bonds. The number of aromatic nitrogens is 5. The molecule has 7 heteroatoms. The minimum absolute atomic E-state index is 0.0947. The highest BCUT2D eigenvalue weighted by Crippen LogP contribution is 2.27. The van der Waals surface area contributed by atoms with Crippen molar-refractivity contribution in [1.29, 1.82) is 0 Å². The van der Waals surface area contributed by atoms with Gasteiger partial charge in [-0.15, -0.1) is 0 Å². The fraction of sp³-hybridized carbons (Fsp3) is 0.214. The van der Waals surface area contributed by atoms with Crippen LogP contribution in [0.25, 0.3) is 22.5 Å². The van der Waals surface area contributed by atoms with E-state index in [4.69, 9.17) is 5.10 Å². The average molecular weight is 465 g/mol. The Morgan fingerprint density at radius 1 is 0.971 bits per heavy atom. The van der Waals surface area contributed by atoms with E-state index in [0.717, 1.165) is 39.4 Å². The van der Waals surface area contributed by atoms with E-state index >= 15 is 0 Å². The van der Waals surface area contributed by atoms with Crippen LogP contribution < -0.4 is 5.32 Å². The van der Waals surface area contributed by atoms with Gasteiger partial charge in [0.25, 0.3) is 0 Å². The van der Waals surface area contributed by atoms with Crippen LogP contribution in [0.5, 0.6) is 0 Å².